The Labute approximate surface area is 163 Å². The van der Waals surface area contributed by atoms with Crippen LogP contribution in [0.15, 0.2) is 42.1 Å². The summed E-state index contributed by atoms with van der Waals surface area (Å²) in [5, 5.41) is 5.67. The highest BCUT2D eigenvalue weighted by Crippen LogP contribution is 2.27. The van der Waals surface area contributed by atoms with E-state index in [2.05, 4.69) is 22.2 Å². The molecule has 1 aliphatic rings. The molecule has 0 bridgehead atoms. The Bertz CT molecular complexity index is 826. The average molecular weight is 387 g/mol. The minimum atomic E-state index is -0.442. The van der Waals surface area contributed by atoms with E-state index in [1.54, 1.807) is 13.0 Å². The van der Waals surface area contributed by atoms with Crippen molar-refractivity contribution in [2.24, 2.45) is 0 Å². The number of para-hydroxylation sites is 2. The first kappa shape index (κ1) is 19.5. The summed E-state index contributed by atoms with van der Waals surface area (Å²) in [5.74, 6) is -0.314. The molecule has 1 atom stereocenters. The van der Waals surface area contributed by atoms with Crippen LogP contribution in [0.1, 0.15) is 39.0 Å². The second kappa shape index (κ2) is 9.08. The molecule has 0 saturated heterocycles. The smallest absolute Gasteiger partial charge is 0.321 e. The lowest BCUT2D eigenvalue weighted by atomic mass is 9.96. The van der Waals surface area contributed by atoms with Crippen molar-refractivity contribution in [3.63, 3.8) is 0 Å². The van der Waals surface area contributed by atoms with E-state index in [4.69, 9.17) is 0 Å². The van der Waals surface area contributed by atoms with E-state index in [0.717, 1.165) is 41.9 Å². The summed E-state index contributed by atoms with van der Waals surface area (Å²) < 4.78 is 2.03. The number of hydrogen-bond donors (Lipinski definition) is 2. The highest BCUT2D eigenvalue weighted by molar-refractivity contribution is 8.00. The van der Waals surface area contributed by atoms with E-state index in [-0.39, 0.29) is 11.9 Å². The molecule has 2 N–H and O–H groups in total. The Kier molecular flexibility index (Phi) is 6.55. The van der Waals surface area contributed by atoms with Crippen molar-refractivity contribution >= 4 is 34.7 Å². The number of aromatic nitrogens is 2. The number of carbonyl (C=O) groups excluding carboxylic acids is 2. The van der Waals surface area contributed by atoms with Crippen LogP contribution in [0.3, 0.4) is 0 Å². The minimum Gasteiger partial charge on any atom is -0.335 e. The number of carbonyl (C=O) groups is 2. The zero-order valence-corrected chi connectivity index (χ0v) is 16.4. The highest BCUT2D eigenvalue weighted by atomic mass is 32.2. The van der Waals surface area contributed by atoms with Gasteiger partial charge in [-0.05, 0) is 31.9 Å². The van der Waals surface area contributed by atoms with Crippen LogP contribution < -0.4 is 10.6 Å². The standard InChI is InChI=1S/C20H26N4O2S/c1-3-13-24-17-12-8-7-11-16(17)22-20(24)27-14(2)18(25)23-19(26)21-15-9-5-4-6-10-15/h3,7-8,11-12,14-15H,1,4-6,9-10,13H2,2H3,(H2,21,23,25,26). The maximum absolute atomic E-state index is 12.4. The van der Waals surface area contributed by atoms with Crippen LogP contribution in [0.2, 0.25) is 0 Å². The van der Waals surface area contributed by atoms with Crippen molar-refractivity contribution < 1.29 is 9.59 Å². The molecule has 6 nitrogen and oxygen atoms in total. The van der Waals surface area contributed by atoms with Gasteiger partial charge in [0.05, 0.1) is 16.3 Å². The molecule has 7 heteroatoms. The number of rotatable bonds is 6. The molecular formula is C20H26N4O2S. The van der Waals surface area contributed by atoms with Crippen molar-refractivity contribution in [3.05, 3.63) is 36.9 Å². The number of thioether (sulfide) groups is 1. The predicted octanol–water partition coefficient (Wildman–Crippen LogP) is 3.86. The SMILES string of the molecule is C=CCn1c(SC(C)C(=O)NC(=O)NC2CCCCC2)nc2ccccc21. The van der Waals surface area contributed by atoms with Crippen molar-refractivity contribution in [2.75, 3.05) is 0 Å². The number of nitrogens with one attached hydrogen (secondary N) is 2. The lowest BCUT2D eigenvalue weighted by molar-refractivity contribution is -0.119. The van der Waals surface area contributed by atoms with Gasteiger partial charge in [0.1, 0.15) is 0 Å². The molecule has 1 saturated carbocycles. The van der Waals surface area contributed by atoms with Crippen molar-refractivity contribution in [1.29, 1.82) is 0 Å². The third-order valence-corrected chi connectivity index (χ3v) is 5.85. The van der Waals surface area contributed by atoms with Crippen LogP contribution in [-0.2, 0) is 11.3 Å². The number of urea groups is 1. The van der Waals surface area contributed by atoms with E-state index in [9.17, 15) is 9.59 Å². The normalized spacial score (nSPS) is 16.0. The molecule has 1 fully saturated rings. The van der Waals surface area contributed by atoms with Crippen LogP contribution in [0.25, 0.3) is 11.0 Å². The van der Waals surface area contributed by atoms with E-state index in [0.29, 0.717) is 6.54 Å². The third-order valence-electron chi connectivity index (χ3n) is 4.76. The largest absolute Gasteiger partial charge is 0.335 e. The minimum absolute atomic E-state index is 0.172. The molecule has 144 valence electrons. The molecule has 27 heavy (non-hydrogen) atoms. The van der Waals surface area contributed by atoms with Crippen LogP contribution in [0.4, 0.5) is 4.79 Å². The van der Waals surface area contributed by atoms with Gasteiger partial charge in [-0.1, -0.05) is 49.2 Å². The first-order valence-electron chi connectivity index (χ1n) is 9.42. The van der Waals surface area contributed by atoms with E-state index < -0.39 is 11.3 Å². The summed E-state index contributed by atoms with van der Waals surface area (Å²) >= 11 is 1.34. The van der Waals surface area contributed by atoms with Crippen LogP contribution in [0, 0.1) is 0 Å². The number of amides is 3. The molecule has 0 aliphatic heterocycles. The molecule has 1 aromatic carbocycles. The molecule has 1 aliphatic carbocycles. The highest BCUT2D eigenvalue weighted by Gasteiger charge is 2.22. The molecule has 2 aromatic rings. The Balaban J connectivity index is 1.62. The Morgan fingerprint density at radius 2 is 2.07 bits per heavy atom. The summed E-state index contributed by atoms with van der Waals surface area (Å²) in [6, 6.07) is 7.61. The zero-order valence-electron chi connectivity index (χ0n) is 15.6. The van der Waals surface area contributed by atoms with Crippen LogP contribution in [-0.4, -0.2) is 32.8 Å². The van der Waals surface area contributed by atoms with Crippen molar-refractivity contribution in [1.82, 2.24) is 20.2 Å². The summed E-state index contributed by atoms with van der Waals surface area (Å²) in [6.07, 6.45) is 7.25. The zero-order chi connectivity index (χ0) is 19.2. The number of benzene rings is 1. The first-order valence-corrected chi connectivity index (χ1v) is 10.3. The third kappa shape index (κ3) is 4.91. The van der Waals surface area contributed by atoms with E-state index in [1.165, 1.54) is 18.2 Å². The van der Waals surface area contributed by atoms with Gasteiger partial charge in [-0.15, -0.1) is 6.58 Å². The molecule has 1 heterocycles. The number of fused-ring (bicyclic) bond motifs is 1. The van der Waals surface area contributed by atoms with Gasteiger partial charge < -0.3 is 9.88 Å². The van der Waals surface area contributed by atoms with E-state index >= 15 is 0 Å². The molecular weight excluding hydrogens is 360 g/mol. The predicted molar refractivity (Wildman–Crippen MR) is 109 cm³/mol. The van der Waals surface area contributed by atoms with Gasteiger partial charge in [0.2, 0.25) is 5.91 Å². The van der Waals surface area contributed by atoms with Gasteiger partial charge in [-0.2, -0.15) is 0 Å². The number of nitrogens with zero attached hydrogens (tertiary/aromatic N) is 2. The number of imidazole rings is 1. The quantitative estimate of drug-likeness (QED) is 0.584. The Hall–Kier alpha value is -2.28. The summed E-state index contributed by atoms with van der Waals surface area (Å²) in [7, 11) is 0. The second-order valence-electron chi connectivity index (χ2n) is 6.84. The number of hydrogen-bond acceptors (Lipinski definition) is 4. The van der Waals surface area contributed by atoms with Gasteiger partial charge in [0.25, 0.3) is 0 Å². The van der Waals surface area contributed by atoms with Gasteiger partial charge in [0.15, 0.2) is 5.16 Å². The van der Waals surface area contributed by atoms with Gasteiger partial charge in [0, 0.05) is 12.6 Å². The van der Waals surface area contributed by atoms with Crippen molar-refractivity contribution in [2.45, 2.75) is 62.0 Å². The molecule has 3 amide bonds. The van der Waals surface area contributed by atoms with Gasteiger partial charge in [-0.25, -0.2) is 9.78 Å². The van der Waals surface area contributed by atoms with Gasteiger partial charge >= 0.3 is 6.03 Å². The van der Waals surface area contributed by atoms with Crippen LogP contribution >= 0.6 is 11.8 Å². The lowest BCUT2D eigenvalue weighted by Crippen LogP contribution is -2.47. The Morgan fingerprint density at radius 1 is 1.33 bits per heavy atom. The Morgan fingerprint density at radius 3 is 2.81 bits per heavy atom. The number of imide groups is 1. The summed E-state index contributed by atoms with van der Waals surface area (Å²) in [6.45, 7) is 6.20. The van der Waals surface area contributed by atoms with Gasteiger partial charge in [-0.3, -0.25) is 10.1 Å². The van der Waals surface area contributed by atoms with Crippen molar-refractivity contribution in [3.8, 4) is 0 Å². The van der Waals surface area contributed by atoms with E-state index in [1.807, 2.05) is 28.8 Å². The second-order valence-corrected chi connectivity index (χ2v) is 8.15. The average Bonchev–Trinajstić information content (AvgIpc) is 3.00. The monoisotopic (exact) mass is 386 g/mol. The fourth-order valence-electron chi connectivity index (χ4n) is 3.34. The molecule has 3 rings (SSSR count). The maximum atomic E-state index is 12.4. The molecule has 1 unspecified atom stereocenters. The molecule has 1 aromatic heterocycles. The lowest BCUT2D eigenvalue weighted by Gasteiger charge is -2.23. The topological polar surface area (TPSA) is 76.0 Å². The summed E-state index contributed by atoms with van der Waals surface area (Å²) in [4.78, 5) is 29.2. The fourth-order valence-corrected chi connectivity index (χ4v) is 4.28. The summed E-state index contributed by atoms with van der Waals surface area (Å²) in [5.41, 5.74) is 1.88. The fraction of sp³-hybridized carbons (Fsp3) is 0.450. The first-order chi connectivity index (χ1) is 13.1. The molecule has 0 spiro atoms. The van der Waals surface area contributed by atoms with Crippen LogP contribution in [0.5, 0.6) is 0 Å². The maximum Gasteiger partial charge on any atom is 0.321 e. The molecule has 0 radical (unpaired) electrons. The number of allylic oxidation sites excluding steroid dienone is 1.